The van der Waals surface area contributed by atoms with Gasteiger partial charge >= 0.3 is 0 Å². The van der Waals surface area contributed by atoms with Crippen LogP contribution in [0.5, 0.6) is 5.75 Å². The van der Waals surface area contributed by atoms with E-state index < -0.39 is 0 Å². The Bertz CT molecular complexity index is 681. The molecule has 2 saturated heterocycles. The SMILES string of the molecule is COc1ccc(CCC(=O)N2CCN(C(=O)C3CCCCN3C(C)C)CC2)cc1. The van der Waals surface area contributed by atoms with Gasteiger partial charge in [-0.2, -0.15) is 0 Å². The number of aryl methyl sites for hydroxylation is 1. The first kappa shape index (κ1) is 21.6. The molecule has 0 saturated carbocycles. The van der Waals surface area contributed by atoms with Crippen LogP contribution < -0.4 is 4.74 Å². The minimum atomic E-state index is 0.0149. The summed E-state index contributed by atoms with van der Waals surface area (Å²) < 4.78 is 5.17. The van der Waals surface area contributed by atoms with E-state index >= 15 is 0 Å². The highest BCUT2D eigenvalue weighted by molar-refractivity contribution is 5.82. The van der Waals surface area contributed by atoms with Crippen LogP contribution in [-0.2, 0) is 16.0 Å². The highest BCUT2D eigenvalue weighted by atomic mass is 16.5. The van der Waals surface area contributed by atoms with Gasteiger partial charge in [-0.1, -0.05) is 18.6 Å². The van der Waals surface area contributed by atoms with E-state index in [4.69, 9.17) is 4.74 Å². The average molecular weight is 402 g/mol. The van der Waals surface area contributed by atoms with Crippen LogP contribution in [0.15, 0.2) is 24.3 Å². The predicted octanol–water partition coefficient (Wildman–Crippen LogP) is 2.56. The molecule has 0 aliphatic carbocycles. The number of amides is 2. The molecule has 2 amide bonds. The van der Waals surface area contributed by atoms with Crippen LogP contribution in [0.3, 0.4) is 0 Å². The number of benzene rings is 1. The van der Waals surface area contributed by atoms with Gasteiger partial charge < -0.3 is 14.5 Å². The summed E-state index contributed by atoms with van der Waals surface area (Å²) >= 11 is 0. The smallest absolute Gasteiger partial charge is 0.240 e. The molecule has 29 heavy (non-hydrogen) atoms. The first-order chi connectivity index (χ1) is 14.0. The van der Waals surface area contributed by atoms with E-state index in [0.29, 0.717) is 38.6 Å². The third-order valence-electron chi connectivity index (χ3n) is 6.22. The van der Waals surface area contributed by atoms with Crippen molar-refractivity contribution in [1.82, 2.24) is 14.7 Å². The van der Waals surface area contributed by atoms with Crippen LogP contribution in [0.4, 0.5) is 0 Å². The van der Waals surface area contributed by atoms with Crippen molar-refractivity contribution >= 4 is 11.8 Å². The molecule has 2 heterocycles. The first-order valence-electron chi connectivity index (χ1n) is 10.9. The minimum absolute atomic E-state index is 0.0149. The van der Waals surface area contributed by atoms with E-state index in [9.17, 15) is 9.59 Å². The molecule has 3 rings (SSSR count). The second-order valence-corrected chi connectivity index (χ2v) is 8.40. The van der Waals surface area contributed by atoms with Crippen LogP contribution >= 0.6 is 0 Å². The van der Waals surface area contributed by atoms with Crippen molar-refractivity contribution in [3.05, 3.63) is 29.8 Å². The Morgan fingerprint density at radius 2 is 1.66 bits per heavy atom. The fourth-order valence-corrected chi connectivity index (χ4v) is 4.43. The van der Waals surface area contributed by atoms with Crippen molar-refractivity contribution in [3.8, 4) is 5.75 Å². The minimum Gasteiger partial charge on any atom is -0.497 e. The highest BCUT2D eigenvalue weighted by Crippen LogP contribution is 2.22. The number of nitrogens with zero attached hydrogens (tertiary/aromatic N) is 3. The third kappa shape index (κ3) is 5.50. The number of hydrogen-bond donors (Lipinski definition) is 0. The monoisotopic (exact) mass is 401 g/mol. The lowest BCUT2D eigenvalue weighted by Crippen LogP contribution is -2.57. The summed E-state index contributed by atoms with van der Waals surface area (Å²) in [5, 5.41) is 0. The van der Waals surface area contributed by atoms with Gasteiger partial charge in [0.05, 0.1) is 13.2 Å². The summed E-state index contributed by atoms with van der Waals surface area (Å²) in [6.07, 6.45) is 4.50. The van der Waals surface area contributed by atoms with Crippen molar-refractivity contribution in [3.63, 3.8) is 0 Å². The van der Waals surface area contributed by atoms with Crippen molar-refractivity contribution < 1.29 is 14.3 Å². The number of likely N-dealkylation sites (tertiary alicyclic amines) is 1. The van der Waals surface area contributed by atoms with Crippen LogP contribution in [0.25, 0.3) is 0 Å². The lowest BCUT2D eigenvalue weighted by atomic mass is 9.99. The van der Waals surface area contributed by atoms with Crippen LogP contribution in [-0.4, -0.2) is 78.4 Å². The molecule has 6 heteroatoms. The molecule has 2 fully saturated rings. The van der Waals surface area contributed by atoms with Gasteiger partial charge in [-0.05, 0) is 57.4 Å². The summed E-state index contributed by atoms with van der Waals surface area (Å²) in [7, 11) is 1.65. The normalized spacial score (nSPS) is 20.8. The van der Waals surface area contributed by atoms with Gasteiger partial charge in [0, 0.05) is 38.6 Å². The van der Waals surface area contributed by atoms with E-state index in [1.54, 1.807) is 7.11 Å². The Hall–Kier alpha value is -2.08. The number of ether oxygens (including phenoxy) is 1. The maximum absolute atomic E-state index is 13.1. The number of methoxy groups -OCH3 is 1. The van der Waals surface area contributed by atoms with E-state index in [1.807, 2.05) is 34.1 Å². The third-order valence-corrected chi connectivity index (χ3v) is 6.22. The molecule has 2 aliphatic rings. The summed E-state index contributed by atoms with van der Waals surface area (Å²) in [5.74, 6) is 1.26. The molecule has 0 aromatic heterocycles. The largest absolute Gasteiger partial charge is 0.497 e. The molecule has 1 aromatic rings. The standard InChI is InChI=1S/C23H35N3O3/c1-18(2)26-13-5-4-6-21(26)23(28)25-16-14-24(15-17-25)22(27)12-9-19-7-10-20(29-3)11-8-19/h7-8,10-11,18,21H,4-6,9,12-17H2,1-3H3. The Morgan fingerprint density at radius 1 is 1.00 bits per heavy atom. The first-order valence-corrected chi connectivity index (χ1v) is 10.9. The zero-order valence-corrected chi connectivity index (χ0v) is 18.1. The number of rotatable bonds is 6. The second kappa shape index (κ2) is 10.1. The zero-order valence-electron chi connectivity index (χ0n) is 18.1. The van der Waals surface area contributed by atoms with Crippen molar-refractivity contribution in [2.24, 2.45) is 0 Å². The van der Waals surface area contributed by atoms with Gasteiger partial charge in [0.2, 0.25) is 11.8 Å². The van der Waals surface area contributed by atoms with Crippen molar-refractivity contribution in [2.45, 2.75) is 58.0 Å². The summed E-state index contributed by atoms with van der Waals surface area (Å²) in [4.78, 5) is 31.9. The van der Waals surface area contributed by atoms with E-state index in [1.165, 1.54) is 6.42 Å². The van der Waals surface area contributed by atoms with E-state index in [-0.39, 0.29) is 17.9 Å². The fourth-order valence-electron chi connectivity index (χ4n) is 4.43. The van der Waals surface area contributed by atoms with E-state index in [2.05, 4.69) is 18.7 Å². The average Bonchev–Trinajstić information content (AvgIpc) is 2.77. The molecule has 0 spiro atoms. The lowest BCUT2D eigenvalue weighted by molar-refractivity contribution is -0.144. The molecule has 2 aliphatic heterocycles. The summed E-state index contributed by atoms with van der Waals surface area (Å²) in [5.41, 5.74) is 1.14. The number of hydrogen-bond acceptors (Lipinski definition) is 4. The van der Waals surface area contributed by atoms with Crippen molar-refractivity contribution in [2.75, 3.05) is 39.8 Å². The van der Waals surface area contributed by atoms with Gasteiger partial charge in [0.25, 0.3) is 0 Å². The predicted molar refractivity (Wildman–Crippen MR) is 114 cm³/mol. The van der Waals surface area contributed by atoms with Crippen LogP contribution in [0, 0.1) is 0 Å². The Labute approximate surface area is 174 Å². The number of piperidine rings is 1. The molecule has 160 valence electrons. The molecular formula is C23H35N3O3. The summed E-state index contributed by atoms with van der Waals surface area (Å²) in [6, 6.07) is 8.28. The molecule has 1 aromatic carbocycles. The van der Waals surface area contributed by atoms with Crippen LogP contribution in [0.2, 0.25) is 0 Å². The molecule has 6 nitrogen and oxygen atoms in total. The maximum Gasteiger partial charge on any atom is 0.240 e. The molecule has 0 bridgehead atoms. The Balaban J connectivity index is 1.46. The maximum atomic E-state index is 13.1. The molecule has 1 atom stereocenters. The van der Waals surface area contributed by atoms with Gasteiger partial charge in [0.1, 0.15) is 5.75 Å². The number of piperazine rings is 1. The zero-order chi connectivity index (χ0) is 20.8. The number of carbonyl (C=O) groups is 2. The number of carbonyl (C=O) groups excluding carboxylic acids is 2. The van der Waals surface area contributed by atoms with Gasteiger partial charge in [-0.15, -0.1) is 0 Å². The van der Waals surface area contributed by atoms with Gasteiger partial charge in [-0.25, -0.2) is 0 Å². The van der Waals surface area contributed by atoms with Gasteiger partial charge in [0.15, 0.2) is 0 Å². The molecule has 1 unspecified atom stereocenters. The fraction of sp³-hybridized carbons (Fsp3) is 0.652. The topological polar surface area (TPSA) is 53.1 Å². The highest BCUT2D eigenvalue weighted by Gasteiger charge is 2.34. The lowest BCUT2D eigenvalue weighted by Gasteiger charge is -2.42. The summed E-state index contributed by atoms with van der Waals surface area (Å²) in [6.45, 7) is 7.93. The quantitative estimate of drug-likeness (QED) is 0.735. The van der Waals surface area contributed by atoms with Crippen LogP contribution in [0.1, 0.15) is 45.1 Å². The second-order valence-electron chi connectivity index (χ2n) is 8.40. The van der Waals surface area contributed by atoms with E-state index in [0.717, 1.165) is 37.1 Å². The van der Waals surface area contributed by atoms with Gasteiger partial charge in [-0.3, -0.25) is 14.5 Å². The molecular weight excluding hydrogens is 366 g/mol. The molecule has 0 N–H and O–H groups in total. The Kier molecular flexibility index (Phi) is 7.53. The Morgan fingerprint density at radius 3 is 2.28 bits per heavy atom. The van der Waals surface area contributed by atoms with Crippen molar-refractivity contribution in [1.29, 1.82) is 0 Å². The molecule has 0 radical (unpaired) electrons.